The fourth-order valence-electron chi connectivity index (χ4n) is 3.53. The van der Waals surface area contributed by atoms with Crippen LogP contribution in [0.4, 0.5) is 0 Å². The maximum atomic E-state index is 13.5. The largest absolute Gasteiger partial charge is 0.347 e. The second-order valence-corrected chi connectivity index (χ2v) is 8.70. The molecule has 5 rings (SSSR count). The van der Waals surface area contributed by atoms with Crippen molar-refractivity contribution in [2.75, 3.05) is 13.1 Å². The van der Waals surface area contributed by atoms with Crippen LogP contribution in [-0.2, 0) is 10.0 Å². The average Bonchev–Trinajstić information content (AvgIpc) is 3.30. The van der Waals surface area contributed by atoms with E-state index in [0.29, 0.717) is 29.5 Å². The van der Waals surface area contributed by atoms with Gasteiger partial charge in [0.2, 0.25) is 0 Å². The van der Waals surface area contributed by atoms with Gasteiger partial charge in [-0.05, 0) is 24.3 Å². The zero-order valence-corrected chi connectivity index (χ0v) is 16.2. The van der Waals surface area contributed by atoms with Crippen LogP contribution in [0.3, 0.4) is 0 Å². The van der Waals surface area contributed by atoms with E-state index in [2.05, 4.69) is 14.1 Å². The van der Waals surface area contributed by atoms with Gasteiger partial charge in [-0.2, -0.15) is 12.7 Å². The first-order valence-corrected chi connectivity index (χ1v) is 10.9. The van der Waals surface area contributed by atoms with Crippen LogP contribution in [0, 0.1) is 0 Å². The third kappa shape index (κ3) is 2.45. The molecule has 0 unspecified atom stereocenters. The number of hydrogen-bond donors (Lipinski definition) is 1. The molecule has 2 aromatic heterocycles. The number of imidazole rings is 1. The maximum Gasteiger partial charge on any atom is 0.347 e. The van der Waals surface area contributed by atoms with E-state index in [4.69, 9.17) is 0 Å². The van der Waals surface area contributed by atoms with Gasteiger partial charge in [-0.25, -0.2) is 13.2 Å². The van der Waals surface area contributed by atoms with Gasteiger partial charge in [0.25, 0.3) is 10.0 Å². The van der Waals surface area contributed by atoms with Crippen molar-refractivity contribution < 1.29 is 8.42 Å². The van der Waals surface area contributed by atoms with Gasteiger partial charge in [-0.15, -0.1) is 0 Å². The minimum absolute atomic E-state index is 0.0250. The minimum atomic E-state index is -4.17. The summed E-state index contributed by atoms with van der Waals surface area (Å²) in [6, 6.07) is 11.7. The summed E-state index contributed by atoms with van der Waals surface area (Å²) in [6.45, 7) is 1.37. The third-order valence-corrected chi connectivity index (χ3v) is 7.06. The van der Waals surface area contributed by atoms with Crippen molar-refractivity contribution in [3.8, 4) is 0 Å². The molecule has 0 atom stereocenters. The van der Waals surface area contributed by atoms with Crippen LogP contribution < -0.4 is 11.0 Å². The van der Waals surface area contributed by atoms with E-state index in [1.54, 1.807) is 36.4 Å². The molecule has 8 nitrogen and oxygen atoms in total. The topological polar surface area (TPSA) is 98.9 Å². The molecule has 1 aliphatic heterocycles. The van der Waals surface area contributed by atoms with Gasteiger partial charge in [-0.1, -0.05) is 24.3 Å². The first-order chi connectivity index (χ1) is 13.6. The van der Waals surface area contributed by atoms with E-state index in [9.17, 15) is 13.2 Å². The molecule has 0 amide bonds. The van der Waals surface area contributed by atoms with Gasteiger partial charge < -0.3 is 5.32 Å². The lowest BCUT2D eigenvalue weighted by Gasteiger charge is -2.14. The zero-order chi connectivity index (χ0) is 19.3. The summed E-state index contributed by atoms with van der Waals surface area (Å²) < 4.78 is 37.7. The molecule has 0 saturated carbocycles. The molecule has 3 heterocycles. The lowest BCUT2D eigenvalue weighted by Crippen LogP contribution is -2.31. The van der Waals surface area contributed by atoms with Gasteiger partial charge in [0.15, 0.2) is 0 Å². The summed E-state index contributed by atoms with van der Waals surface area (Å²) in [5, 5.41) is 3.20. The summed E-state index contributed by atoms with van der Waals surface area (Å²) in [6.07, 6.45) is 2.55. The van der Waals surface area contributed by atoms with Gasteiger partial charge in [-0.3, -0.25) is 4.57 Å². The molecule has 0 fully saturated rings. The molecule has 1 N–H and O–H groups in total. The molecule has 0 radical (unpaired) electrons. The summed E-state index contributed by atoms with van der Waals surface area (Å²) in [5.41, 5.74) is 1.86. The number of para-hydroxylation sites is 2. The Labute approximate surface area is 164 Å². The number of rotatable bonds is 3. The highest BCUT2D eigenvalue weighted by Gasteiger charge is 2.28. The number of hydrogen-bond acceptors (Lipinski definition) is 7. The van der Waals surface area contributed by atoms with Gasteiger partial charge >= 0.3 is 5.69 Å². The standard InChI is InChI=1S/C18H15N5O3S2/c24-18-22(12-8-10-19-11-9-12)14-5-1-2-6-15(14)23(18)28(25,26)16-7-3-4-13-17(16)21-27-20-13/h1-8,19H,9-11H2. The zero-order valence-electron chi connectivity index (χ0n) is 14.6. The SMILES string of the molecule is O=c1n(C2=CCNCC2)c2ccccc2n1S(=O)(=O)c1cccc2nsnc12. The Bertz CT molecular complexity index is 1410. The number of nitrogens with zero attached hydrogens (tertiary/aromatic N) is 4. The van der Waals surface area contributed by atoms with E-state index in [1.807, 2.05) is 6.08 Å². The first-order valence-electron chi connectivity index (χ1n) is 8.68. The van der Waals surface area contributed by atoms with Crippen LogP contribution >= 0.6 is 11.7 Å². The third-order valence-electron chi connectivity index (χ3n) is 4.80. The molecule has 142 valence electrons. The van der Waals surface area contributed by atoms with E-state index in [-0.39, 0.29) is 10.4 Å². The summed E-state index contributed by atoms with van der Waals surface area (Å²) in [4.78, 5) is 13.3. The molecular weight excluding hydrogens is 398 g/mol. The first kappa shape index (κ1) is 17.3. The van der Waals surface area contributed by atoms with Gasteiger partial charge in [0.1, 0.15) is 15.9 Å². The summed E-state index contributed by atoms with van der Waals surface area (Å²) >= 11 is 0.941. The van der Waals surface area contributed by atoms with E-state index < -0.39 is 15.7 Å². The Kier molecular flexibility index (Phi) is 3.93. The molecule has 10 heteroatoms. The van der Waals surface area contributed by atoms with Crippen LogP contribution in [0.5, 0.6) is 0 Å². The lowest BCUT2D eigenvalue weighted by atomic mass is 10.2. The number of benzene rings is 2. The lowest BCUT2D eigenvalue weighted by molar-refractivity contribution is 0.587. The van der Waals surface area contributed by atoms with Gasteiger partial charge in [0.05, 0.1) is 22.8 Å². The molecule has 28 heavy (non-hydrogen) atoms. The smallest absolute Gasteiger partial charge is 0.313 e. The quantitative estimate of drug-likeness (QED) is 0.551. The molecule has 1 aliphatic rings. The van der Waals surface area contributed by atoms with Crippen LogP contribution in [0.25, 0.3) is 27.8 Å². The van der Waals surface area contributed by atoms with Crippen molar-refractivity contribution >= 4 is 49.5 Å². The van der Waals surface area contributed by atoms with E-state index in [1.165, 1.54) is 10.6 Å². The monoisotopic (exact) mass is 413 g/mol. The minimum Gasteiger partial charge on any atom is -0.313 e. The Morgan fingerprint density at radius 3 is 2.64 bits per heavy atom. The second kappa shape index (κ2) is 6.36. The summed E-state index contributed by atoms with van der Waals surface area (Å²) in [7, 11) is -4.17. The Balaban J connectivity index is 1.85. The highest BCUT2D eigenvalue weighted by atomic mass is 32.2. The Morgan fingerprint density at radius 2 is 1.86 bits per heavy atom. The fraction of sp³-hybridized carbons (Fsp3) is 0.167. The predicted molar refractivity (Wildman–Crippen MR) is 108 cm³/mol. The predicted octanol–water partition coefficient (Wildman–Crippen LogP) is 1.88. The molecular formula is C18H15N5O3S2. The van der Waals surface area contributed by atoms with Crippen molar-refractivity contribution in [3.63, 3.8) is 0 Å². The number of nitrogens with one attached hydrogen (secondary N) is 1. The fourth-order valence-corrected chi connectivity index (χ4v) is 5.68. The van der Waals surface area contributed by atoms with E-state index in [0.717, 1.165) is 27.9 Å². The average molecular weight is 413 g/mol. The second-order valence-electron chi connectivity index (χ2n) is 6.41. The van der Waals surface area contributed by atoms with Crippen molar-refractivity contribution in [2.24, 2.45) is 0 Å². The maximum absolute atomic E-state index is 13.5. The van der Waals surface area contributed by atoms with Crippen molar-refractivity contribution in [3.05, 3.63) is 59.0 Å². The van der Waals surface area contributed by atoms with Crippen molar-refractivity contribution in [2.45, 2.75) is 11.3 Å². The highest BCUT2D eigenvalue weighted by Crippen LogP contribution is 2.27. The molecule has 0 saturated heterocycles. The molecule has 4 aromatic rings. The Morgan fingerprint density at radius 1 is 1.04 bits per heavy atom. The number of fused-ring (bicyclic) bond motifs is 2. The van der Waals surface area contributed by atoms with Gasteiger partial charge in [0, 0.05) is 25.2 Å². The van der Waals surface area contributed by atoms with Crippen molar-refractivity contribution in [1.82, 2.24) is 22.6 Å². The molecule has 0 spiro atoms. The Hall–Kier alpha value is -2.82. The molecule has 0 bridgehead atoms. The van der Waals surface area contributed by atoms with E-state index >= 15 is 0 Å². The highest BCUT2D eigenvalue weighted by molar-refractivity contribution is 7.90. The van der Waals surface area contributed by atoms with Crippen LogP contribution in [0.15, 0.2) is 58.2 Å². The van der Waals surface area contributed by atoms with Crippen molar-refractivity contribution in [1.29, 1.82) is 0 Å². The number of aromatic nitrogens is 4. The normalized spacial score (nSPS) is 15.2. The van der Waals surface area contributed by atoms with Crippen LogP contribution in [0.1, 0.15) is 6.42 Å². The molecule has 0 aliphatic carbocycles. The summed E-state index contributed by atoms with van der Waals surface area (Å²) in [5.74, 6) is 0. The van der Waals surface area contributed by atoms with Crippen LogP contribution in [0.2, 0.25) is 0 Å². The van der Waals surface area contributed by atoms with Crippen LogP contribution in [-0.4, -0.2) is 38.8 Å². The molecule has 2 aromatic carbocycles.